The maximum Gasteiger partial charge on any atom is 0.195 e. The Labute approximate surface area is 174 Å². The van der Waals surface area contributed by atoms with E-state index in [0.29, 0.717) is 21.1 Å². The molecule has 2 rings (SSSR count). The summed E-state index contributed by atoms with van der Waals surface area (Å²) in [4.78, 5) is 16.6. The molecule has 1 aliphatic carbocycles. The van der Waals surface area contributed by atoms with Gasteiger partial charge in [-0.15, -0.1) is 0 Å². The minimum atomic E-state index is -1.10. The summed E-state index contributed by atoms with van der Waals surface area (Å²) in [5.41, 5.74) is -0.962. The molecule has 0 saturated carbocycles. The smallest absolute Gasteiger partial charge is 0.195 e. The van der Waals surface area contributed by atoms with Gasteiger partial charge in [0.2, 0.25) is 0 Å². The topological polar surface area (TPSA) is 101 Å². The molecule has 1 aromatic heterocycles. The molecule has 5 nitrogen and oxygen atoms in total. The van der Waals surface area contributed by atoms with Gasteiger partial charge in [0.15, 0.2) is 5.78 Å². The van der Waals surface area contributed by atoms with E-state index < -0.39 is 11.0 Å². The van der Waals surface area contributed by atoms with E-state index in [1.165, 1.54) is 6.20 Å². The zero-order valence-electron chi connectivity index (χ0n) is 17.0. The Hall–Kier alpha value is -1.93. The third kappa shape index (κ3) is 4.07. The Kier molecular flexibility index (Phi) is 6.25. The van der Waals surface area contributed by atoms with E-state index in [1.807, 2.05) is 58.4 Å². The molecular weight excluding hydrogens is 390 g/mol. The van der Waals surface area contributed by atoms with Crippen LogP contribution < -0.4 is 0 Å². The lowest BCUT2D eigenvalue weighted by Gasteiger charge is -2.49. The molecule has 1 heterocycles. The minimum absolute atomic E-state index is 0.236. The Morgan fingerprint density at radius 2 is 1.79 bits per heavy atom. The molecule has 28 heavy (non-hydrogen) atoms. The summed E-state index contributed by atoms with van der Waals surface area (Å²) < 4.78 is 0. The highest BCUT2D eigenvalue weighted by molar-refractivity contribution is 8.06. The number of hydrogen-bond donors (Lipinski definition) is 2. The molecule has 7 heteroatoms. The first-order chi connectivity index (χ1) is 12.9. The van der Waals surface area contributed by atoms with Gasteiger partial charge in [-0.05, 0) is 22.6 Å². The predicted molar refractivity (Wildman–Crippen MR) is 113 cm³/mol. The third-order valence-electron chi connectivity index (χ3n) is 5.07. The van der Waals surface area contributed by atoms with Gasteiger partial charge in [0, 0.05) is 29.4 Å². The van der Waals surface area contributed by atoms with Crippen molar-refractivity contribution in [3.63, 3.8) is 0 Å². The third-order valence-corrected chi connectivity index (χ3v) is 6.54. The molecule has 0 fully saturated rings. The monoisotopic (exact) mass is 415 g/mol. The molecule has 148 valence electrons. The molecule has 1 aromatic rings. The molecule has 1 aliphatic rings. The zero-order valence-corrected chi connectivity index (χ0v) is 18.6. The number of aromatic nitrogens is 1. The number of carbonyl (C=O) groups is 1. The number of aromatic amines is 1. The van der Waals surface area contributed by atoms with E-state index in [0.717, 1.165) is 23.5 Å². The summed E-state index contributed by atoms with van der Waals surface area (Å²) in [7, 11) is 0. The highest BCUT2D eigenvalue weighted by Gasteiger charge is 2.49. The average Bonchev–Trinajstić information content (AvgIpc) is 2.96. The van der Waals surface area contributed by atoms with Crippen molar-refractivity contribution in [3.8, 4) is 10.8 Å². The van der Waals surface area contributed by atoms with Gasteiger partial charge in [-0.1, -0.05) is 59.8 Å². The number of thioether (sulfide) groups is 2. The lowest BCUT2D eigenvalue weighted by molar-refractivity contribution is -0.0803. The van der Waals surface area contributed by atoms with Gasteiger partial charge in [0.25, 0.3) is 0 Å². The predicted octanol–water partition coefficient (Wildman–Crippen LogP) is 5.28. The molecule has 0 spiro atoms. The molecular formula is C21H25N3O2S2. The Morgan fingerprint density at radius 1 is 1.18 bits per heavy atom. The summed E-state index contributed by atoms with van der Waals surface area (Å²) in [5.74, 6) is -0.511. The Morgan fingerprint density at radius 3 is 2.29 bits per heavy atom. The SMILES string of the molecule is CC(C)(C)C1C=C(C(=O)c2c[nH]c(SC#N)c2SC#N)C=CC1(O)C(C)(C)C. The van der Waals surface area contributed by atoms with Gasteiger partial charge in [0.1, 0.15) is 15.8 Å². The first kappa shape index (κ1) is 22.4. The van der Waals surface area contributed by atoms with Crippen LogP contribution in [0, 0.1) is 38.1 Å². The number of thiocyanates is 2. The van der Waals surface area contributed by atoms with Crippen LogP contribution in [0.25, 0.3) is 0 Å². The summed E-state index contributed by atoms with van der Waals surface area (Å²) in [6, 6.07) is 0. The van der Waals surface area contributed by atoms with Crippen molar-refractivity contribution in [2.45, 2.75) is 57.1 Å². The number of rotatable bonds is 4. The van der Waals surface area contributed by atoms with Crippen molar-refractivity contribution in [3.05, 3.63) is 35.6 Å². The largest absolute Gasteiger partial charge is 0.385 e. The van der Waals surface area contributed by atoms with E-state index in [2.05, 4.69) is 4.98 Å². The fraction of sp³-hybridized carbons (Fsp3) is 0.476. The first-order valence-corrected chi connectivity index (χ1v) is 10.5. The number of aliphatic hydroxyl groups is 1. The number of ketones is 1. The van der Waals surface area contributed by atoms with Crippen LogP contribution >= 0.6 is 23.5 Å². The molecule has 0 bridgehead atoms. The molecule has 2 N–H and O–H groups in total. The highest BCUT2D eigenvalue weighted by Crippen LogP contribution is 2.49. The van der Waals surface area contributed by atoms with Crippen LogP contribution in [0.5, 0.6) is 0 Å². The normalized spacial score (nSPS) is 22.3. The van der Waals surface area contributed by atoms with Crippen LogP contribution in [0.4, 0.5) is 0 Å². The molecule has 0 aliphatic heterocycles. The van der Waals surface area contributed by atoms with Gasteiger partial charge in [-0.25, -0.2) is 0 Å². The Bertz CT molecular complexity index is 917. The number of nitrogens with zero attached hydrogens (tertiary/aromatic N) is 2. The van der Waals surface area contributed by atoms with E-state index in [1.54, 1.807) is 12.2 Å². The summed E-state index contributed by atoms with van der Waals surface area (Å²) in [5, 5.41) is 33.9. The van der Waals surface area contributed by atoms with Crippen LogP contribution in [-0.2, 0) is 0 Å². The number of hydrogen-bond acceptors (Lipinski definition) is 6. The number of nitrogens with one attached hydrogen (secondary N) is 1. The summed E-state index contributed by atoms with van der Waals surface area (Å²) in [6.45, 7) is 12.1. The quantitative estimate of drug-likeness (QED) is 0.394. The van der Waals surface area contributed by atoms with Crippen LogP contribution in [0.3, 0.4) is 0 Å². The van der Waals surface area contributed by atoms with Crippen LogP contribution in [0.2, 0.25) is 0 Å². The van der Waals surface area contributed by atoms with Gasteiger partial charge < -0.3 is 10.1 Å². The lowest BCUT2D eigenvalue weighted by Crippen LogP contribution is -2.52. The lowest BCUT2D eigenvalue weighted by atomic mass is 9.59. The second-order valence-corrected chi connectivity index (χ2v) is 10.5. The van der Waals surface area contributed by atoms with E-state index in [-0.39, 0.29) is 17.1 Å². The average molecular weight is 416 g/mol. The standard InChI is InChI=1S/C21H25N3O2S2/c1-19(2,3)15-9-13(7-8-21(15,26)20(4,5)6)16(25)14-10-24-18(28-12-23)17(14)27-11-22/h7-10,15,24,26H,1-6H3. The highest BCUT2D eigenvalue weighted by atomic mass is 32.2. The number of carbonyl (C=O) groups excluding carboxylic acids is 1. The second-order valence-electron chi connectivity index (χ2n) is 8.95. The van der Waals surface area contributed by atoms with Gasteiger partial charge in [0.05, 0.1) is 16.1 Å². The van der Waals surface area contributed by atoms with Crippen LogP contribution in [0.15, 0.2) is 39.9 Å². The van der Waals surface area contributed by atoms with Crippen LogP contribution in [-0.4, -0.2) is 21.5 Å². The zero-order chi connectivity index (χ0) is 21.3. The number of Topliss-reactive ketones (excluding diaryl/α,β-unsaturated/α-hetero) is 1. The van der Waals surface area contributed by atoms with Crippen molar-refractivity contribution in [2.24, 2.45) is 16.7 Å². The molecule has 0 saturated heterocycles. The molecule has 0 radical (unpaired) electrons. The molecule has 0 amide bonds. The molecule has 2 atom stereocenters. The second kappa shape index (κ2) is 7.83. The van der Waals surface area contributed by atoms with Crippen molar-refractivity contribution in [1.29, 1.82) is 10.5 Å². The summed E-state index contributed by atoms with van der Waals surface area (Å²) in [6.07, 6.45) is 6.77. The number of H-pyrrole nitrogens is 1. The number of allylic oxidation sites excluding steroid dienone is 2. The fourth-order valence-corrected chi connectivity index (χ4v) is 4.61. The van der Waals surface area contributed by atoms with Crippen molar-refractivity contribution >= 4 is 29.3 Å². The first-order valence-electron chi connectivity index (χ1n) is 8.88. The molecule has 2 unspecified atom stereocenters. The van der Waals surface area contributed by atoms with Gasteiger partial charge in [-0.2, -0.15) is 10.5 Å². The number of nitriles is 2. The van der Waals surface area contributed by atoms with E-state index >= 15 is 0 Å². The van der Waals surface area contributed by atoms with Crippen molar-refractivity contribution in [2.75, 3.05) is 0 Å². The fourth-order valence-electron chi connectivity index (χ4n) is 3.44. The molecule has 0 aromatic carbocycles. The summed E-state index contributed by atoms with van der Waals surface area (Å²) >= 11 is 1.74. The van der Waals surface area contributed by atoms with Crippen molar-refractivity contribution in [1.82, 2.24) is 4.98 Å². The van der Waals surface area contributed by atoms with Gasteiger partial charge >= 0.3 is 0 Å². The van der Waals surface area contributed by atoms with Crippen LogP contribution in [0.1, 0.15) is 51.9 Å². The van der Waals surface area contributed by atoms with E-state index in [4.69, 9.17) is 10.5 Å². The maximum atomic E-state index is 13.2. The van der Waals surface area contributed by atoms with Crippen molar-refractivity contribution < 1.29 is 9.90 Å². The Balaban J connectivity index is 2.53. The van der Waals surface area contributed by atoms with Gasteiger partial charge in [-0.3, -0.25) is 4.79 Å². The van der Waals surface area contributed by atoms with E-state index in [9.17, 15) is 9.90 Å². The minimum Gasteiger partial charge on any atom is -0.385 e. The maximum absolute atomic E-state index is 13.2.